The smallest absolute Gasteiger partial charge is 0.241 e. The Hall–Kier alpha value is -1.79. The number of rotatable bonds is 3. The highest BCUT2D eigenvalue weighted by atomic mass is 19.1. The van der Waals surface area contributed by atoms with Crippen LogP contribution in [-0.4, -0.2) is 41.2 Å². The van der Waals surface area contributed by atoms with E-state index in [1.165, 1.54) is 12.1 Å². The number of hydrogen-bond acceptors (Lipinski definition) is 5. The van der Waals surface area contributed by atoms with Crippen LogP contribution in [0.3, 0.4) is 0 Å². The van der Waals surface area contributed by atoms with Crippen LogP contribution in [0, 0.1) is 12.7 Å². The lowest BCUT2D eigenvalue weighted by Gasteiger charge is -2.16. The van der Waals surface area contributed by atoms with Crippen molar-refractivity contribution in [2.75, 3.05) is 26.2 Å². The van der Waals surface area contributed by atoms with Crippen LogP contribution in [0.15, 0.2) is 22.7 Å². The van der Waals surface area contributed by atoms with E-state index in [1.54, 1.807) is 0 Å². The van der Waals surface area contributed by atoms with Gasteiger partial charge in [-0.2, -0.15) is 4.98 Å². The lowest BCUT2D eigenvalue weighted by molar-refractivity contribution is 0.239. The van der Waals surface area contributed by atoms with Gasteiger partial charge in [-0.1, -0.05) is 5.16 Å². The Bertz CT molecular complexity index is 585. The van der Waals surface area contributed by atoms with Crippen LogP contribution >= 0.6 is 0 Å². The van der Waals surface area contributed by atoms with Crippen molar-refractivity contribution in [1.82, 2.24) is 20.4 Å². The third-order valence-electron chi connectivity index (χ3n) is 3.56. The van der Waals surface area contributed by atoms with Gasteiger partial charge in [0.15, 0.2) is 0 Å². The maximum Gasteiger partial charge on any atom is 0.241 e. The summed E-state index contributed by atoms with van der Waals surface area (Å²) in [5.41, 5.74) is 1.50. The highest BCUT2D eigenvalue weighted by Gasteiger charge is 2.15. The third-order valence-corrected chi connectivity index (χ3v) is 3.56. The minimum Gasteiger partial charge on any atom is -0.338 e. The van der Waals surface area contributed by atoms with E-state index in [2.05, 4.69) is 20.4 Å². The highest BCUT2D eigenvalue weighted by Crippen LogP contribution is 2.19. The molecule has 1 aliphatic heterocycles. The Balaban J connectivity index is 1.73. The average molecular weight is 290 g/mol. The van der Waals surface area contributed by atoms with E-state index >= 15 is 0 Å². The minimum absolute atomic E-state index is 0.282. The second kappa shape index (κ2) is 6.32. The predicted octanol–water partition coefficient (Wildman–Crippen LogP) is 1.98. The Labute approximate surface area is 123 Å². The Kier molecular flexibility index (Phi) is 4.26. The number of nitrogens with zero attached hydrogens (tertiary/aromatic N) is 3. The van der Waals surface area contributed by atoms with Gasteiger partial charge in [0.25, 0.3) is 0 Å². The maximum absolute atomic E-state index is 13.4. The summed E-state index contributed by atoms with van der Waals surface area (Å²) in [6.07, 6.45) is 1.12. The molecule has 1 saturated heterocycles. The van der Waals surface area contributed by atoms with Gasteiger partial charge in [0.1, 0.15) is 5.82 Å². The van der Waals surface area contributed by atoms with Gasteiger partial charge in [-0.25, -0.2) is 4.39 Å². The third kappa shape index (κ3) is 3.65. The molecule has 2 aromatic rings. The summed E-state index contributed by atoms with van der Waals surface area (Å²) in [7, 11) is 0. The van der Waals surface area contributed by atoms with E-state index in [1.807, 2.05) is 13.0 Å². The number of halogens is 1. The van der Waals surface area contributed by atoms with Gasteiger partial charge in [-0.3, -0.25) is 4.90 Å². The normalized spacial score (nSPS) is 16.9. The van der Waals surface area contributed by atoms with Crippen molar-refractivity contribution in [3.05, 3.63) is 35.5 Å². The van der Waals surface area contributed by atoms with Crippen LogP contribution in [0.4, 0.5) is 4.39 Å². The summed E-state index contributed by atoms with van der Waals surface area (Å²) in [5, 5.41) is 7.32. The first-order valence-corrected chi connectivity index (χ1v) is 7.24. The molecule has 112 valence electrons. The first-order chi connectivity index (χ1) is 10.2. The molecule has 1 aromatic carbocycles. The molecular formula is C15H19FN4O. The number of hydrogen-bond donors (Lipinski definition) is 1. The van der Waals surface area contributed by atoms with Gasteiger partial charge < -0.3 is 9.84 Å². The molecule has 6 heteroatoms. The molecule has 0 unspecified atom stereocenters. The van der Waals surface area contributed by atoms with Gasteiger partial charge in [0, 0.05) is 18.7 Å². The first-order valence-electron chi connectivity index (χ1n) is 7.24. The zero-order valence-electron chi connectivity index (χ0n) is 12.1. The van der Waals surface area contributed by atoms with Gasteiger partial charge in [0.05, 0.1) is 6.54 Å². The van der Waals surface area contributed by atoms with Crippen LogP contribution in [-0.2, 0) is 6.54 Å². The van der Waals surface area contributed by atoms with Gasteiger partial charge in [-0.15, -0.1) is 0 Å². The van der Waals surface area contributed by atoms with Crippen LogP contribution in [0.1, 0.15) is 17.9 Å². The topological polar surface area (TPSA) is 54.2 Å². The summed E-state index contributed by atoms with van der Waals surface area (Å²) < 4.78 is 18.7. The Morgan fingerprint density at radius 1 is 1.29 bits per heavy atom. The molecule has 0 spiro atoms. The molecule has 21 heavy (non-hydrogen) atoms. The van der Waals surface area contributed by atoms with Gasteiger partial charge in [-0.05, 0) is 50.2 Å². The Morgan fingerprint density at radius 2 is 2.19 bits per heavy atom. The SMILES string of the molecule is Cc1cc(F)cc(-c2noc(CN3CCCNCC3)n2)c1. The van der Waals surface area contributed by atoms with Crippen LogP contribution in [0.25, 0.3) is 11.4 Å². The predicted molar refractivity (Wildman–Crippen MR) is 77.2 cm³/mol. The largest absolute Gasteiger partial charge is 0.338 e. The number of nitrogens with one attached hydrogen (secondary N) is 1. The second-order valence-corrected chi connectivity index (χ2v) is 5.41. The van der Waals surface area contributed by atoms with E-state index < -0.39 is 0 Å². The number of aryl methyl sites for hydroxylation is 1. The summed E-state index contributed by atoms with van der Waals surface area (Å²) >= 11 is 0. The molecule has 0 bridgehead atoms. The summed E-state index contributed by atoms with van der Waals surface area (Å²) in [6.45, 7) is 6.50. The van der Waals surface area contributed by atoms with E-state index in [4.69, 9.17) is 4.52 Å². The van der Waals surface area contributed by atoms with Crippen molar-refractivity contribution in [2.45, 2.75) is 19.9 Å². The fourth-order valence-corrected chi connectivity index (χ4v) is 2.55. The fourth-order valence-electron chi connectivity index (χ4n) is 2.55. The monoisotopic (exact) mass is 290 g/mol. The Morgan fingerprint density at radius 3 is 3.05 bits per heavy atom. The lowest BCUT2D eigenvalue weighted by atomic mass is 10.1. The van der Waals surface area contributed by atoms with Crippen molar-refractivity contribution in [2.24, 2.45) is 0 Å². The average Bonchev–Trinajstić information content (AvgIpc) is 2.74. The molecule has 3 rings (SSSR count). The van der Waals surface area contributed by atoms with Crippen molar-refractivity contribution in [1.29, 1.82) is 0 Å². The molecule has 1 aromatic heterocycles. The molecule has 0 radical (unpaired) electrons. The molecule has 2 heterocycles. The van der Waals surface area contributed by atoms with Crippen molar-refractivity contribution < 1.29 is 8.91 Å². The summed E-state index contributed by atoms with van der Waals surface area (Å²) in [6, 6.07) is 4.76. The lowest BCUT2D eigenvalue weighted by Crippen LogP contribution is -2.27. The van der Waals surface area contributed by atoms with Crippen molar-refractivity contribution >= 4 is 0 Å². The van der Waals surface area contributed by atoms with Crippen LogP contribution < -0.4 is 5.32 Å². The zero-order valence-corrected chi connectivity index (χ0v) is 12.1. The molecule has 0 amide bonds. The molecular weight excluding hydrogens is 271 g/mol. The standard InChI is InChI=1S/C15H19FN4O/c1-11-7-12(9-13(16)8-11)15-18-14(21-19-15)10-20-5-2-3-17-4-6-20/h7-9,17H,2-6,10H2,1H3. The van der Waals surface area contributed by atoms with Gasteiger partial charge in [0.2, 0.25) is 11.7 Å². The molecule has 0 aliphatic carbocycles. The minimum atomic E-state index is -0.282. The van der Waals surface area contributed by atoms with E-state index in [0.717, 1.165) is 38.2 Å². The van der Waals surface area contributed by atoms with Crippen molar-refractivity contribution in [3.63, 3.8) is 0 Å². The molecule has 1 aliphatic rings. The quantitative estimate of drug-likeness (QED) is 0.936. The second-order valence-electron chi connectivity index (χ2n) is 5.41. The number of benzene rings is 1. The first kappa shape index (κ1) is 14.2. The van der Waals surface area contributed by atoms with Crippen LogP contribution in [0.5, 0.6) is 0 Å². The van der Waals surface area contributed by atoms with Gasteiger partial charge >= 0.3 is 0 Å². The van der Waals surface area contributed by atoms with E-state index in [0.29, 0.717) is 23.8 Å². The van der Waals surface area contributed by atoms with Crippen molar-refractivity contribution in [3.8, 4) is 11.4 Å². The molecule has 1 fully saturated rings. The van der Waals surface area contributed by atoms with E-state index in [-0.39, 0.29) is 5.82 Å². The summed E-state index contributed by atoms with van der Waals surface area (Å²) in [5.74, 6) is 0.740. The highest BCUT2D eigenvalue weighted by molar-refractivity contribution is 5.55. The summed E-state index contributed by atoms with van der Waals surface area (Å²) in [4.78, 5) is 6.67. The molecule has 0 saturated carbocycles. The molecule has 5 nitrogen and oxygen atoms in total. The zero-order chi connectivity index (χ0) is 14.7. The molecule has 0 atom stereocenters. The molecule has 1 N–H and O–H groups in total. The number of aromatic nitrogens is 2. The van der Waals surface area contributed by atoms with Crippen LogP contribution in [0.2, 0.25) is 0 Å². The fraction of sp³-hybridized carbons (Fsp3) is 0.467. The van der Waals surface area contributed by atoms with E-state index in [9.17, 15) is 4.39 Å². The maximum atomic E-state index is 13.4.